The average Bonchev–Trinajstić information content (AvgIpc) is 3.16. The molecule has 0 aliphatic rings. The molecule has 11 heteroatoms. The highest BCUT2D eigenvalue weighted by molar-refractivity contribution is 7.71. The van der Waals surface area contributed by atoms with Crippen molar-refractivity contribution in [2.24, 2.45) is 0 Å². The van der Waals surface area contributed by atoms with Crippen LogP contribution in [0.3, 0.4) is 0 Å². The van der Waals surface area contributed by atoms with Crippen molar-refractivity contribution in [1.82, 2.24) is 25.6 Å². The molecule has 2 aromatic carbocycles. The topological polar surface area (TPSA) is 110 Å². The summed E-state index contributed by atoms with van der Waals surface area (Å²) in [4.78, 5) is 24.4. The minimum absolute atomic E-state index is 0.115. The van der Waals surface area contributed by atoms with E-state index in [1.54, 1.807) is 35.9 Å². The molecule has 0 aliphatic carbocycles. The summed E-state index contributed by atoms with van der Waals surface area (Å²) in [5.74, 6) is 1.15. The lowest BCUT2D eigenvalue weighted by molar-refractivity contribution is -0.129. The summed E-state index contributed by atoms with van der Waals surface area (Å²) in [6.45, 7) is 2.14. The van der Waals surface area contributed by atoms with Crippen LogP contribution < -0.4 is 20.3 Å². The highest BCUT2D eigenvalue weighted by Crippen LogP contribution is 2.22. The van der Waals surface area contributed by atoms with Gasteiger partial charge in [0, 0.05) is 17.0 Å². The van der Waals surface area contributed by atoms with Crippen molar-refractivity contribution in [3.63, 3.8) is 0 Å². The number of nitrogens with one attached hydrogen (secondary N) is 3. The molecule has 3 N–H and O–H groups in total. The predicted molar refractivity (Wildman–Crippen MR) is 127 cm³/mol. The number of carbonyl (C=O) groups is 2. The molecular weight excluding hydrogens is 466 g/mol. The van der Waals surface area contributed by atoms with Gasteiger partial charge in [0.1, 0.15) is 18.0 Å². The molecule has 0 saturated heterocycles. The van der Waals surface area contributed by atoms with E-state index in [1.807, 2.05) is 25.1 Å². The molecule has 0 unspecified atom stereocenters. The van der Waals surface area contributed by atoms with Gasteiger partial charge in [0.15, 0.2) is 10.6 Å². The number of hydrazine groups is 1. The zero-order chi connectivity index (χ0) is 23.8. The SMILES string of the molecule is COc1ccc(-c2n[nH]c(=S)n2CC(=O)NNC(=O)CCCOc2ccc(Cl)cc2C)cc1. The van der Waals surface area contributed by atoms with Crippen LogP contribution in [0.25, 0.3) is 11.4 Å². The van der Waals surface area contributed by atoms with Crippen molar-refractivity contribution in [2.75, 3.05) is 13.7 Å². The number of hydrogen-bond donors (Lipinski definition) is 3. The molecule has 0 spiro atoms. The summed E-state index contributed by atoms with van der Waals surface area (Å²) in [6.07, 6.45) is 0.674. The number of halogens is 1. The third-order valence-electron chi connectivity index (χ3n) is 4.69. The minimum atomic E-state index is -0.441. The largest absolute Gasteiger partial charge is 0.497 e. The van der Waals surface area contributed by atoms with Crippen LogP contribution in [-0.2, 0) is 16.1 Å². The lowest BCUT2D eigenvalue weighted by atomic mass is 10.2. The van der Waals surface area contributed by atoms with Gasteiger partial charge in [-0.25, -0.2) is 0 Å². The molecule has 3 rings (SSSR count). The van der Waals surface area contributed by atoms with Crippen molar-refractivity contribution in [3.8, 4) is 22.9 Å². The number of aromatic amines is 1. The summed E-state index contributed by atoms with van der Waals surface area (Å²) in [7, 11) is 1.58. The Morgan fingerprint density at radius 1 is 1.15 bits per heavy atom. The third kappa shape index (κ3) is 6.80. The summed E-state index contributed by atoms with van der Waals surface area (Å²) in [6, 6.07) is 12.6. The number of aryl methyl sites for hydroxylation is 1. The van der Waals surface area contributed by atoms with E-state index in [9.17, 15) is 9.59 Å². The van der Waals surface area contributed by atoms with Crippen molar-refractivity contribution < 1.29 is 19.1 Å². The van der Waals surface area contributed by atoms with E-state index in [0.29, 0.717) is 29.6 Å². The number of ether oxygens (including phenoxy) is 2. The van der Waals surface area contributed by atoms with E-state index < -0.39 is 5.91 Å². The Labute approximate surface area is 201 Å². The summed E-state index contributed by atoms with van der Waals surface area (Å²) >= 11 is 11.2. The number of H-pyrrole nitrogens is 1. The van der Waals surface area contributed by atoms with Crippen LogP contribution >= 0.6 is 23.8 Å². The molecule has 3 aromatic rings. The number of nitrogens with zero attached hydrogens (tertiary/aromatic N) is 2. The Bertz CT molecular complexity index is 1180. The Kier molecular flexibility index (Phi) is 8.45. The van der Waals surface area contributed by atoms with Gasteiger partial charge in [-0.15, -0.1) is 0 Å². The molecule has 174 valence electrons. The molecule has 2 amide bonds. The monoisotopic (exact) mass is 489 g/mol. The van der Waals surface area contributed by atoms with Gasteiger partial charge < -0.3 is 9.47 Å². The van der Waals surface area contributed by atoms with Crippen LogP contribution in [0.15, 0.2) is 42.5 Å². The fourth-order valence-electron chi connectivity index (χ4n) is 3.00. The van der Waals surface area contributed by atoms with Crippen molar-refractivity contribution >= 4 is 35.6 Å². The third-order valence-corrected chi connectivity index (χ3v) is 5.24. The van der Waals surface area contributed by atoms with Gasteiger partial charge in [0.25, 0.3) is 5.91 Å². The maximum absolute atomic E-state index is 12.3. The number of aromatic nitrogens is 3. The normalized spacial score (nSPS) is 10.5. The Morgan fingerprint density at radius 2 is 1.88 bits per heavy atom. The van der Waals surface area contributed by atoms with Crippen LogP contribution in [0.2, 0.25) is 5.02 Å². The second-order valence-electron chi connectivity index (χ2n) is 7.13. The first-order chi connectivity index (χ1) is 15.9. The highest BCUT2D eigenvalue weighted by atomic mass is 35.5. The Balaban J connectivity index is 1.45. The van der Waals surface area contributed by atoms with Gasteiger partial charge in [0.2, 0.25) is 5.91 Å². The Morgan fingerprint density at radius 3 is 2.58 bits per heavy atom. The zero-order valence-corrected chi connectivity index (χ0v) is 19.8. The summed E-state index contributed by atoms with van der Waals surface area (Å²) in [5.41, 5.74) is 6.48. The fraction of sp³-hybridized carbons (Fsp3) is 0.273. The van der Waals surface area contributed by atoms with Crippen LogP contribution in [0.1, 0.15) is 18.4 Å². The first kappa shape index (κ1) is 24.3. The number of amides is 2. The highest BCUT2D eigenvalue weighted by Gasteiger charge is 2.13. The number of methoxy groups -OCH3 is 1. The van der Waals surface area contributed by atoms with Gasteiger partial charge in [-0.1, -0.05) is 11.6 Å². The average molecular weight is 490 g/mol. The van der Waals surface area contributed by atoms with E-state index in [1.165, 1.54) is 0 Å². The van der Waals surface area contributed by atoms with Gasteiger partial charge in [-0.3, -0.25) is 30.1 Å². The zero-order valence-electron chi connectivity index (χ0n) is 18.2. The Hall–Kier alpha value is -3.37. The molecule has 0 fully saturated rings. The number of carbonyl (C=O) groups excluding carboxylic acids is 2. The lowest BCUT2D eigenvalue weighted by Gasteiger charge is -2.11. The van der Waals surface area contributed by atoms with E-state index in [-0.39, 0.29) is 23.6 Å². The van der Waals surface area contributed by atoms with Crippen LogP contribution in [0.4, 0.5) is 0 Å². The molecule has 1 heterocycles. The second-order valence-corrected chi connectivity index (χ2v) is 7.95. The standard InChI is InChI=1S/C22H24ClN5O4S/c1-14-12-16(23)7-10-18(14)32-11-3-4-19(29)24-25-20(30)13-28-21(26-27-22(28)33)15-5-8-17(31-2)9-6-15/h5-10,12H,3-4,11,13H2,1-2H3,(H,24,29)(H,25,30)(H,27,33). The molecule has 0 bridgehead atoms. The van der Waals surface area contributed by atoms with Crippen molar-refractivity contribution in [2.45, 2.75) is 26.3 Å². The van der Waals surface area contributed by atoms with Crippen LogP contribution in [-0.4, -0.2) is 40.3 Å². The molecule has 0 aliphatic heterocycles. The quantitative estimate of drug-likeness (QED) is 0.241. The lowest BCUT2D eigenvalue weighted by Crippen LogP contribution is -2.43. The van der Waals surface area contributed by atoms with Crippen molar-refractivity contribution in [3.05, 3.63) is 57.8 Å². The molecule has 1 aromatic heterocycles. The molecule has 0 atom stereocenters. The second kappa shape index (κ2) is 11.5. The predicted octanol–water partition coefficient (Wildman–Crippen LogP) is 3.58. The smallest absolute Gasteiger partial charge is 0.258 e. The minimum Gasteiger partial charge on any atom is -0.497 e. The molecule has 9 nitrogen and oxygen atoms in total. The van der Waals surface area contributed by atoms with Crippen molar-refractivity contribution in [1.29, 1.82) is 0 Å². The fourth-order valence-corrected chi connectivity index (χ4v) is 3.42. The maximum atomic E-state index is 12.3. The first-order valence-corrected chi connectivity index (χ1v) is 10.9. The molecule has 0 radical (unpaired) electrons. The number of rotatable bonds is 9. The van der Waals surface area contributed by atoms with E-state index in [4.69, 9.17) is 33.3 Å². The van der Waals surface area contributed by atoms with Gasteiger partial charge >= 0.3 is 0 Å². The van der Waals surface area contributed by atoms with E-state index in [0.717, 1.165) is 16.9 Å². The number of benzene rings is 2. The van der Waals surface area contributed by atoms with Gasteiger partial charge in [-0.05, 0) is 73.6 Å². The van der Waals surface area contributed by atoms with E-state index in [2.05, 4.69) is 21.0 Å². The molecule has 0 saturated carbocycles. The maximum Gasteiger partial charge on any atom is 0.258 e. The number of hydrogen-bond acceptors (Lipinski definition) is 6. The van der Waals surface area contributed by atoms with Crippen LogP contribution in [0.5, 0.6) is 11.5 Å². The summed E-state index contributed by atoms with van der Waals surface area (Å²) < 4.78 is 12.6. The molecular formula is C22H24ClN5O4S. The first-order valence-electron chi connectivity index (χ1n) is 10.1. The van der Waals surface area contributed by atoms with Gasteiger partial charge in [0.05, 0.1) is 13.7 Å². The molecule has 33 heavy (non-hydrogen) atoms. The summed E-state index contributed by atoms with van der Waals surface area (Å²) in [5, 5.41) is 7.52. The van der Waals surface area contributed by atoms with Gasteiger partial charge in [-0.2, -0.15) is 5.10 Å². The van der Waals surface area contributed by atoms with Crippen LogP contribution in [0, 0.1) is 11.7 Å². The van der Waals surface area contributed by atoms with E-state index >= 15 is 0 Å².